The van der Waals surface area contributed by atoms with Crippen molar-refractivity contribution < 1.29 is 73.4 Å². The summed E-state index contributed by atoms with van der Waals surface area (Å²) >= 11 is 0. The molecule has 0 aliphatic rings. The molecule has 0 aliphatic carbocycles. The molecule has 3 unspecified atom stereocenters. The van der Waals surface area contributed by atoms with E-state index in [-0.39, 0.29) is 142 Å². The fourth-order valence-corrected chi connectivity index (χ4v) is 5.38. The summed E-state index contributed by atoms with van der Waals surface area (Å²) in [5.41, 5.74) is 1.47. The second kappa shape index (κ2) is 21.7. The number of carbonyl (C=O) groups excluding carboxylic acids is 3. The first-order valence-corrected chi connectivity index (χ1v) is 19.3. The lowest BCUT2D eigenvalue weighted by molar-refractivity contribution is -0.143. The minimum atomic E-state index is -1.20. The summed E-state index contributed by atoms with van der Waals surface area (Å²) in [4.78, 5) is 48.9. The van der Waals surface area contributed by atoms with Crippen molar-refractivity contribution in [3.63, 3.8) is 0 Å². The van der Waals surface area contributed by atoms with Crippen molar-refractivity contribution in [3.8, 4) is 68.7 Å². The van der Waals surface area contributed by atoms with E-state index in [1.165, 1.54) is 57.2 Å². The standard InChI is InChI=1S/C45H51N3O15/c1-22(2)43(55)61-19-28(49)16-58-34-13-10-31(37(52)25(34)7)40-46-41(32-11-14-35(26(8)38(32)53)59-17-29(50)20-62-44(56)23(3)4)48-42(47-40)33-12-15-36(27(9)39(33)54)60-18-30(51)21-63-45(57)24(5)6/h10-15,28-30,49-54H,1,3,5,16-21H2,2,4,6-9H3. The second-order valence-electron chi connectivity index (χ2n) is 14.6. The average Bonchev–Trinajstić information content (AvgIpc) is 3.24. The van der Waals surface area contributed by atoms with Crippen LogP contribution in [-0.4, -0.2) is 121 Å². The first-order chi connectivity index (χ1) is 29.7. The zero-order valence-electron chi connectivity index (χ0n) is 35.8. The molecule has 0 fully saturated rings. The zero-order chi connectivity index (χ0) is 46.7. The molecule has 0 bridgehead atoms. The van der Waals surface area contributed by atoms with Gasteiger partial charge in [0.15, 0.2) is 17.5 Å². The highest BCUT2D eigenvalue weighted by atomic mass is 16.6. The number of hydrogen-bond acceptors (Lipinski definition) is 18. The van der Waals surface area contributed by atoms with Crippen LogP contribution < -0.4 is 14.2 Å². The van der Waals surface area contributed by atoms with E-state index in [4.69, 9.17) is 28.4 Å². The van der Waals surface area contributed by atoms with Crippen molar-refractivity contribution in [2.45, 2.75) is 59.9 Å². The molecular formula is C45H51N3O15. The lowest BCUT2D eigenvalue weighted by atomic mass is 10.1. The number of aliphatic hydroxyl groups is 3. The van der Waals surface area contributed by atoms with Gasteiger partial charge in [0, 0.05) is 33.4 Å². The molecule has 18 nitrogen and oxygen atoms in total. The van der Waals surface area contributed by atoms with Gasteiger partial charge in [-0.15, -0.1) is 0 Å². The molecular weight excluding hydrogens is 823 g/mol. The lowest BCUT2D eigenvalue weighted by Crippen LogP contribution is -2.25. The van der Waals surface area contributed by atoms with Crippen LogP contribution in [0.1, 0.15) is 37.5 Å². The Kier molecular flexibility index (Phi) is 16.7. The van der Waals surface area contributed by atoms with Crippen LogP contribution in [0.15, 0.2) is 72.9 Å². The Morgan fingerprint density at radius 1 is 0.476 bits per heavy atom. The first kappa shape index (κ1) is 48.6. The Bertz CT molecular complexity index is 2120. The highest BCUT2D eigenvalue weighted by Gasteiger charge is 2.24. The van der Waals surface area contributed by atoms with Gasteiger partial charge < -0.3 is 59.1 Å². The number of rotatable bonds is 21. The van der Waals surface area contributed by atoms with E-state index in [2.05, 4.69) is 34.7 Å². The predicted molar refractivity (Wildman–Crippen MR) is 227 cm³/mol. The maximum absolute atomic E-state index is 11.7. The predicted octanol–water partition coefficient (Wildman–Crippen LogP) is 4.49. The molecule has 4 aromatic rings. The maximum Gasteiger partial charge on any atom is 0.333 e. The number of aromatic nitrogens is 3. The van der Waals surface area contributed by atoms with Crippen molar-refractivity contribution in [2.24, 2.45) is 0 Å². The smallest absolute Gasteiger partial charge is 0.333 e. The molecule has 6 N–H and O–H groups in total. The summed E-state index contributed by atoms with van der Waals surface area (Å²) in [6.07, 6.45) is -3.59. The molecule has 0 saturated carbocycles. The van der Waals surface area contributed by atoms with Crippen LogP contribution in [-0.2, 0) is 28.6 Å². The molecule has 3 atom stereocenters. The molecule has 18 heteroatoms. The third-order valence-electron chi connectivity index (χ3n) is 9.06. The quantitative estimate of drug-likeness (QED) is 0.0382. The Morgan fingerprint density at radius 3 is 0.937 bits per heavy atom. The van der Waals surface area contributed by atoms with E-state index in [0.29, 0.717) is 0 Å². The van der Waals surface area contributed by atoms with Gasteiger partial charge in [-0.2, -0.15) is 0 Å². The van der Waals surface area contributed by atoms with Crippen LogP contribution in [0.4, 0.5) is 0 Å². The topological polar surface area (TPSA) is 267 Å². The molecule has 0 radical (unpaired) electrons. The fraction of sp³-hybridized carbons (Fsp3) is 0.333. The Morgan fingerprint density at radius 2 is 0.714 bits per heavy atom. The van der Waals surface area contributed by atoms with Crippen LogP contribution in [0, 0.1) is 20.8 Å². The van der Waals surface area contributed by atoms with Crippen LogP contribution in [0.5, 0.6) is 34.5 Å². The summed E-state index contributed by atoms with van der Waals surface area (Å²) in [7, 11) is 0. The number of phenols is 3. The fourth-order valence-electron chi connectivity index (χ4n) is 5.38. The number of carbonyl (C=O) groups is 3. The number of benzene rings is 3. The number of esters is 3. The maximum atomic E-state index is 11.7. The van der Waals surface area contributed by atoms with E-state index < -0.39 is 36.2 Å². The molecule has 0 saturated heterocycles. The summed E-state index contributed by atoms with van der Waals surface area (Å²) in [6, 6.07) is 8.87. The number of aromatic hydroxyl groups is 3. The van der Waals surface area contributed by atoms with Gasteiger partial charge in [0.25, 0.3) is 0 Å². The molecule has 0 aliphatic heterocycles. The normalized spacial score (nSPS) is 12.3. The number of hydrogen-bond donors (Lipinski definition) is 6. The van der Waals surface area contributed by atoms with Gasteiger partial charge in [0.1, 0.15) is 92.5 Å². The van der Waals surface area contributed by atoms with E-state index in [1.807, 2.05) is 0 Å². The Balaban J connectivity index is 1.71. The van der Waals surface area contributed by atoms with Gasteiger partial charge in [0.05, 0.1) is 16.7 Å². The summed E-state index contributed by atoms with van der Waals surface area (Å²) in [6.45, 7) is 17.6. The van der Waals surface area contributed by atoms with E-state index in [9.17, 15) is 45.0 Å². The van der Waals surface area contributed by atoms with Gasteiger partial charge in [0.2, 0.25) is 0 Å². The molecule has 1 aromatic heterocycles. The molecule has 1 heterocycles. The second-order valence-corrected chi connectivity index (χ2v) is 14.6. The van der Waals surface area contributed by atoms with Crippen LogP contribution in [0.25, 0.3) is 34.2 Å². The summed E-state index contributed by atoms with van der Waals surface area (Å²) < 4.78 is 32.1. The molecule has 3 aromatic carbocycles. The number of nitrogens with zero attached hydrogens (tertiary/aromatic N) is 3. The van der Waals surface area contributed by atoms with Crippen molar-refractivity contribution in [3.05, 3.63) is 89.5 Å². The first-order valence-electron chi connectivity index (χ1n) is 19.3. The molecule has 0 amide bonds. The highest BCUT2D eigenvalue weighted by molar-refractivity contribution is 5.87. The molecule has 4 rings (SSSR count). The van der Waals surface area contributed by atoms with Crippen molar-refractivity contribution in [1.82, 2.24) is 15.0 Å². The number of ether oxygens (including phenoxy) is 6. The van der Waals surface area contributed by atoms with Gasteiger partial charge in [-0.3, -0.25) is 0 Å². The number of aliphatic hydroxyl groups excluding tert-OH is 3. The van der Waals surface area contributed by atoms with Gasteiger partial charge in [-0.25, -0.2) is 29.3 Å². The average molecular weight is 874 g/mol. The summed E-state index contributed by atoms with van der Waals surface area (Å²) in [5, 5.41) is 65.3. The van der Waals surface area contributed by atoms with E-state index in [0.717, 1.165) is 0 Å². The van der Waals surface area contributed by atoms with Crippen LogP contribution in [0.3, 0.4) is 0 Å². The Hall–Kier alpha value is -7.02. The van der Waals surface area contributed by atoms with Gasteiger partial charge in [-0.05, 0) is 77.9 Å². The van der Waals surface area contributed by atoms with Crippen molar-refractivity contribution >= 4 is 17.9 Å². The van der Waals surface area contributed by atoms with Crippen LogP contribution in [0.2, 0.25) is 0 Å². The molecule has 336 valence electrons. The Labute approximate surface area is 363 Å². The molecule has 63 heavy (non-hydrogen) atoms. The third-order valence-corrected chi connectivity index (χ3v) is 9.06. The van der Waals surface area contributed by atoms with Gasteiger partial charge in [-0.1, -0.05) is 19.7 Å². The van der Waals surface area contributed by atoms with E-state index in [1.54, 1.807) is 20.8 Å². The largest absolute Gasteiger partial charge is 0.507 e. The minimum Gasteiger partial charge on any atom is -0.507 e. The number of phenolic OH excluding ortho intramolecular Hbond substituents is 3. The van der Waals surface area contributed by atoms with Crippen molar-refractivity contribution in [1.29, 1.82) is 0 Å². The molecule has 0 spiro atoms. The van der Waals surface area contributed by atoms with Crippen LogP contribution >= 0.6 is 0 Å². The minimum absolute atomic E-state index is 0.0932. The summed E-state index contributed by atoms with van der Waals surface area (Å²) in [5.74, 6) is -2.69. The zero-order valence-corrected chi connectivity index (χ0v) is 35.8. The van der Waals surface area contributed by atoms with E-state index >= 15 is 0 Å². The lowest BCUT2D eigenvalue weighted by Gasteiger charge is -2.18. The monoisotopic (exact) mass is 873 g/mol. The van der Waals surface area contributed by atoms with Crippen molar-refractivity contribution in [2.75, 3.05) is 39.6 Å². The SMILES string of the molecule is C=C(C)C(=O)OCC(O)COc1ccc(-c2nc(-c3ccc(OCC(O)COC(=O)C(=C)C)c(C)c3O)nc(-c3ccc(OCC(O)COC(=O)C(=C)C)c(C)c3O)n2)c(O)c1C. The highest BCUT2D eigenvalue weighted by Crippen LogP contribution is 2.42. The van der Waals surface area contributed by atoms with Gasteiger partial charge >= 0.3 is 17.9 Å². The third kappa shape index (κ3) is 12.8.